The van der Waals surface area contributed by atoms with Crippen molar-refractivity contribution in [1.82, 2.24) is 0 Å². The molecule has 0 saturated carbocycles. The molecule has 0 spiro atoms. The molecule has 0 atom stereocenters. The first-order valence-corrected chi connectivity index (χ1v) is 2.68. The number of hydrogen-bond acceptors (Lipinski definition) is 4. The molecule has 0 unspecified atom stereocenters. The maximum atomic E-state index is 7.33. The Morgan fingerprint density at radius 2 is 0.833 bits per heavy atom. The summed E-state index contributed by atoms with van der Waals surface area (Å²) < 4.78 is 0. The van der Waals surface area contributed by atoms with E-state index in [1.165, 1.54) is 0 Å². The molecule has 1 radical (unpaired) electrons. The van der Waals surface area contributed by atoms with Crippen LogP contribution < -0.4 is 0 Å². The topological polar surface area (TPSA) is 80.9 Å². The summed E-state index contributed by atoms with van der Waals surface area (Å²) in [7, 11) is -4.61. The zero-order valence-corrected chi connectivity index (χ0v) is 8.67. The van der Waals surface area contributed by atoms with Crippen molar-refractivity contribution in [2.75, 3.05) is 0 Å². The minimum absolute atomic E-state index is 0. The molecule has 0 bridgehead atoms. The molecule has 6 heteroatoms. The average Bonchev–Trinajstić information content (AvgIpc) is 0.722. The third kappa shape index (κ3) is 67.2. The monoisotopic (exact) mass is 327 g/mol. The van der Waals surface area contributed by atoms with Gasteiger partial charge in [-0.3, -0.25) is 0 Å². The predicted molar refractivity (Wildman–Crippen MR) is 14.6 cm³/mol. The molecule has 0 amide bonds. The average molecular weight is 327 g/mol. The summed E-state index contributed by atoms with van der Waals surface area (Å²) in [5, 5.41) is 0. The minimum Gasteiger partial charge on any atom is -0.368 e. The summed E-state index contributed by atoms with van der Waals surface area (Å²) >= 11 is 0. The van der Waals surface area contributed by atoms with Crippen molar-refractivity contribution in [2.24, 2.45) is 0 Å². The van der Waals surface area contributed by atoms with E-state index in [2.05, 4.69) is 0 Å². The SMILES string of the molecule is O[Si](O)(O)O.[Pa]. The third-order valence-electron chi connectivity index (χ3n) is 0. The predicted octanol–water partition coefficient (Wildman–Crippen LogP) is -2.61. The van der Waals surface area contributed by atoms with Gasteiger partial charge < -0.3 is 19.2 Å². The first-order chi connectivity index (χ1) is 2.00. The van der Waals surface area contributed by atoms with Crippen molar-refractivity contribution in [3.05, 3.63) is 0 Å². The summed E-state index contributed by atoms with van der Waals surface area (Å²) in [5.41, 5.74) is 0. The van der Waals surface area contributed by atoms with Crippen LogP contribution in [0.1, 0.15) is 0 Å². The molecule has 0 fully saturated rings. The molecule has 0 aromatic carbocycles. The van der Waals surface area contributed by atoms with Gasteiger partial charge in [0, 0.05) is 32.3 Å². The van der Waals surface area contributed by atoms with Crippen LogP contribution in [0.3, 0.4) is 0 Å². The van der Waals surface area contributed by atoms with Gasteiger partial charge in [0.05, 0.1) is 0 Å². The smallest absolute Gasteiger partial charge is 0.368 e. The molecule has 4 N–H and O–H groups in total. The molecular formula is H4O4PaSi. The van der Waals surface area contributed by atoms with E-state index in [1.807, 2.05) is 0 Å². The second kappa shape index (κ2) is 3.19. The number of rotatable bonds is 0. The van der Waals surface area contributed by atoms with Crippen molar-refractivity contribution in [1.29, 1.82) is 0 Å². The fourth-order valence-electron chi connectivity index (χ4n) is 0. The zero-order chi connectivity index (χ0) is 4.50. The van der Waals surface area contributed by atoms with E-state index in [4.69, 9.17) is 19.2 Å². The van der Waals surface area contributed by atoms with Gasteiger partial charge >= 0.3 is 9.05 Å². The van der Waals surface area contributed by atoms with Gasteiger partial charge in [-0.25, -0.2) is 0 Å². The Labute approximate surface area is 60.4 Å². The fourth-order valence-corrected chi connectivity index (χ4v) is 0. The Morgan fingerprint density at radius 3 is 0.833 bits per heavy atom. The van der Waals surface area contributed by atoms with Crippen LogP contribution in [0.4, 0.5) is 0 Å². The van der Waals surface area contributed by atoms with Crippen molar-refractivity contribution in [3.8, 4) is 0 Å². The van der Waals surface area contributed by atoms with Crippen molar-refractivity contribution < 1.29 is 51.5 Å². The van der Waals surface area contributed by atoms with Crippen molar-refractivity contribution in [3.63, 3.8) is 0 Å². The van der Waals surface area contributed by atoms with Crippen LogP contribution in [0.15, 0.2) is 0 Å². The molecule has 0 aliphatic carbocycles. The summed E-state index contributed by atoms with van der Waals surface area (Å²) in [5.74, 6) is 0. The van der Waals surface area contributed by atoms with Gasteiger partial charge in [-0.15, -0.1) is 0 Å². The van der Waals surface area contributed by atoms with Gasteiger partial charge in [0.2, 0.25) is 0 Å². The van der Waals surface area contributed by atoms with Gasteiger partial charge in [0.15, 0.2) is 0 Å². The Morgan fingerprint density at radius 1 is 0.833 bits per heavy atom. The van der Waals surface area contributed by atoms with E-state index in [-0.39, 0.29) is 32.3 Å². The molecule has 0 aromatic heterocycles. The van der Waals surface area contributed by atoms with Crippen LogP contribution in [0.2, 0.25) is 0 Å². The van der Waals surface area contributed by atoms with Crippen molar-refractivity contribution >= 4 is 9.05 Å². The molecule has 0 aromatic rings. The largest absolute Gasteiger partial charge is 0.668 e. The Kier molecular flexibility index (Phi) is 5.42. The Balaban J connectivity index is 0. The fraction of sp³-hybridized carbons (Fsp3) is 0. The van der Waals surface area contributed by atoms with E-state index in [1.54, 1.807) is 0 Å². The second-order valence-electron chi connectivity index (χ2n) is 0.600. The number of hydrogen-bond donors (Lipinski definition) is 4. The maximum Gasteiger partial charge on any atom is 0.668 e. The van der Waals surface area contributed by atoms with Gasteiger partial charge in [0.1, 0.15) is 0 Å². The van der Waals surface area contributed by atoms with E-state index in [9.17, 15) is 0 Å². The maximum absolute atomic E-state index is 7.33. The summed E-state index contributed by atoms with van der Waals surface area (Å²) in [4.78, 5) is 29.3. The van der Waals surface area contributed by atoms with Crippen LogP contribution in [-0.4, -0.2) is 28.2 Å². The molecule has 4 nitrogen and oxygen atoms in total. The minimum atomic E-state index is -4.61. The van der Waals surface area contributed by atoms with E-state index < -0.39 is 9.05 Å². The molecule has 0 heterocycles. The molecule has 0 aliphatic rings. The van der Waals surface area contributed by atoms with Gasteiger partial charge in [-0.05, 0) is 0 Å². The summed E-state index contributed by atoms with van der Waals surface area (Å²) in [6.07, 6.45) is 0. The Bertz CT molecular complexity index is 23.0. The van der Waals surface area contributed by atoms with E-state index in [0.717, 1.165) is 0 Å². The second-order valence-corrected chi connectivity index (χ2v) is 1.80. The molecule has 35 valence electrons. The first-order valence-electron chi connectivity index (χ1n) is 0.894. The van der Waals surface area contributed by atoms with Crippen LogP contribution in [0, 0.1) is 32.3 Å². The summed E-state index contributed by atoms with van der Waals surface area (Å²) in [6, 6.07) is 0. The molecule has 0 aliphatic heterocycles. The quantitative estimate of drug-likeness (QED) is 0.368. The van der Waals surface area contributed by atoms with Gasteiger partial charge in [0.25, 0.3) is 0 Å². The Hall–Kier alpha value is 1.15. The van der Waals surface area contributed by atoms with Crippen molar-refractivity contribution in [2.45, 2.75) is 0 Å². The zero-order valence-electron chi connectivity index (χ0n) is 2.87. The normalized spacial score (nSPS) is 10.0. The molecule has 0 rings (SSSR count). The van der Waals surface area contributed by atoms with Crippen LogP contribution in [0.5, 0.6) is 0 Å². The van der Waals surface area contributed by atoms with E-state index >= 15 is 0 Å². The van der Waals surface area contributed by atoms with Crippen LogP contribution >= 0.6 is 0 Å². The molecule has 6 heavy (non-hydrogen) atoms. The van der Waals surface area contributed by atoms with E-state index in [0.29, 0.717) is 0 Å². The summed E-state index contributed by atoms with van der Waals surface area (Å²) in [6.45, 7) is 0. The first kappa shape index (κ1) is 10.2. The van der Waals surface area contributed by atoms with Gasteiger partial charge in [-0.1, -0.05) is 0 Å². The van der Waals surface area contributed by atoms with Gasteiger partial charge in [-0.2, -0.15) is 0 Å². The third-order valence-corrected chi connectivity index (χ3v) is 0. The standard InChI is InChI=1S/H4O4Si.Pa/c1-5(2,3)4;/h1-4H;. The molecule has 0 saturated heterocycles. The van der Waals surface area contributed by atoms with Crippen LogP contribution in [-0.2, 0) is 0 Å². The van der Waals surface area contributed by atoms with Crippen LogP contribution in [0.25, 0.3) is 0 Å². The molecular weight excluding hydrogens is 323 g/mol.